The van der Waals surface area contributed by atoms with Crippen LogP contribution in [-0.4, -0.2) is 9.38 Å². The van der Waals surface area contributed by atoms with Gasteiger partial charge in [0.15, 0.2) is 0 Å². The first-order valence-electron chi connectivity index (χ1n) is 7.57. The van der Waals surface area contributed by atoms with Crippen molar-refractivity contribution in [2.75, 3.05) is 5.32 Å². The lowest BCUT2D eigenvalue weighted by Crippen LogP contribution is -2.00. The third-order valence-corrected chi connectivity index (χ3v) is 4.05. The molecule has 3 aromatic heterocycles. The van der Waals surface area contributed by atoms with Gasteiger partial charge in [-0.3, -0.25) is 4.40 Å². The third kappa shape index (κ3) is 2.28. The number of anilines is 2. The van der Waals surface area contributed by atoms with Gasteiger partial charge in [-0.15, -0.1) is 0 Å². The number of nitrogens with zero attached hydrogens (tertiary/aromatic N) is 2. The minimum absolute atomic E-state index is 0.882. The number of hydrogen-bond acceptors (Lipinski definition) is 3. The first-order valence-corrected chi connectivity index (χ1v) is 7.57. The van der Waals surface area contributed by atoms with Gasteiger partial charge in [0.2, 0.25) is 0 Å². The smallest absolute Gasteiger partial charge is 0.143 e. The fraction of sp³-hybridized carbons (Fsp3) is 0.105. The number of furan rings is 1. The van der Waals surface area contributed by atoms with E-state index in [0.717, 1.165) is 28.4 Å². The van der Waals surface area contributed by atoms with Crippen LogP contribution in [0.1, 0.15) is 11.1 Å². The van der Waals surface area contributed by atoms with Gasteiger partial charge in [0, 0.05) is 17.4 Å². The number of imidazole rings is 1. The molecule has 0 fully saturated rings. The minimum Gasteiger partial charge on any atom is -0.472 e. The predicted octanol–water partition coefficient (Wildman–Crippen LogP) is 4.95. The first kappa shape index (κ1) is 13.6. The van der Waals surface area contributed by atoms with Crippen LogP contribution in [0.4, 0.5) is 11.5 Å². The second-order valence-corrected chi connectivity index (χ2v) is 5.64. The standard InChI is InChI=1S/C19H17N3O/c1-13-6-5-7-14(2)17(13)21-19-18(15-9-11-23-12-15)20-16-8-3-4-10-22(16)19/h3-12,21H,1-2H3. The number of nitrogens with one attached hydrogen (secondary N) is 1. The van der Waals surface area contributed by atoms with Crippen LogP contribution in [0.2, 0.25) is 0 Å². The highest BCUT2D eigenvalue weighted by molar-refractivity contribution is 5.80. The molecule has 23 heavy (non-hydrogen) atoms. The summed E-state index contributed by atoms with van der Waals surface area (Å²) in [6.45, 7) is 4.21. The number of aryl methyl sites for hydroxylation is 2. The monoisotopic (exact) mass is 303 g/mol. The molecule has 0 aliphatic heterocycles. The molecule has 1 aromatic carbocycles. The molecule has 0 radical (unpaired) electrons. The van der Waals surface area contributed by atoms with E-state index in [-0.39, 0.29) is 0 Å². The lowest BCUT2D eigenvalue weighted by atomic mass is 10.1. The minimum atomic E-state index is 0.882. The Bertz CT molecular complexity index is 947. The Hall–Kier alpha value is -3.01. The van der Waals surface area contributed by atoms with Crippen LogP contribution in [0.3, 0.4) is 0 Å². The zero-order chi connectivity index (χ0) is 15.8. The fourth-order valence-corrected chi connectivity index (χ4v) is 2.85. The summed E-state index contributed by atoms with van der Waals surface area (Å²) in [4.78, 5) is 4.75. The molecule has 0 bridgehead atoms. The van der Waals surface area contributed by atoms with Crippen LogP contribution in [0.5, 0.6) is 0 Å². The van der Waals surface area contributed by atoms with E-state index >= 15 is 0 Å². The Labute approximate surface area is 134 Å². The van der Waals surface area contributed by atoms with E-state index in [1.165, 1.54) is 11.1 Å². The summed E-state index contributed by atoms with van der Waals surface area (Å²) in [5.74, 6) is 0.944. The van der Waals surface area contributed by atoms with Crippen molar-refractivity contribution in [2.24, 2.45) is 0 Å². The van der Waals surface area contributed by atoms with Crippen LogP contribution < -0.4 is 5.32 Å². The molecular weight excluding hydrogens is 286 g/mol. The predicted molar refractivity (Wildman–Crippen MR) is 92.1 cm³/mol. The molecule has 0 saturated carbocycles. The number of rotatable bonds is 3. The van der Waals surface area contributed by atoms with E-state index in [1.54, 1.807) is 12.5 Å². The van der Waals surface area contributed by atoms with Crippen LogP contribution in [-0.2, 0) is 0 Å². The Kier molecular flexibility index (Phi) is 3.15. The maximum Gasteiger partial charge on any atom is 0.143 e. The van der Waals surface area contributed by atoms with Crippen molar-refractivity contribution in [3.05, 3.63) is 72.3 Å². The lowest BCUT2D eigenvalue weighted by Gasteiger charge is -2.13. The Morgan fingerprint density at radius 2 is 1.83 bits per heavy atom. The summed E-state index contributed by atoms with van der Waals surface area (Å²) in [5.41, 5.74) is 6.26. The Morgan fingerprint density at radius 1 is 1.00 bits per heavy atom. The second kappa shape index (κ2) is 5.32. The van der Waals surface area contributed by atoms with Crippen LogP contribution >= 0.6 is 0 Å². The average molecular weight is 303 g/mol. The molecule has 0 aliphatic rings. The Balaban J connectivity index is 1.93. The highest BCUT2D eigenvalue weighted by Crippen LogP contribution is 2.33. The maximum absolute atomic E-state index is 5.24. The molecule has 0 spiro atoms. The quantitative estimate of drug-likeness (QED) is 0.582. The maximum atomic E-state index is 5.24. The largest absolute Gasteiger partial charge is 0.472 e. The summed E-state index contributed by atoms with van der Waals surface area (Å²) in [7, 11) is 0. The topological polar surface area (TPSA) is 42.5 Å². The van der Waals surface area contributed by atoms with Gasteiger partial charge in [-0.1, -0.05) is 24.3 Å². The van der Waals surface area contributed by atoms with Gasteiger partial charge >= 0.3 is 0 Å². The van der Waals surface area contributed by atoms with Crippen molar-refractivity contribution >= 4 is 17.2 Å². The zero-order valence-electron chi connectivity index (χ0n) is 13.1. The molecular formula is C19H17N3O. The van der Waals surface area contributed by atoms with Crippen molar-refractivity contribution in [3.63, 3.8) is 0 Å². The highest BCUT2D eigenvalue weighted by atomic mass is 16.3. The van der Waals surface area contributed by atoms with Gasteiger partial charge < -0.3 is 9.73 Å². The molecule has 1 N–H and O–H groups in total. The Morgan fingerprint density at radius 3 is 2.57 bits per heavy atom. The van der Waals surface area contributed by atoms with Gasteiger partial charge in [0.25, 0.3) is 0 Å². The van der Waals surface area contributed by atoms with Crippen molar-refractivity contribution < 1.29 is 4.42 Å². The van der Waals surface area contributed by atoms with E-state index in [1.807, 2.05) is 30.5 Å². The van der Waals surface area contributed by atoms with E-state index < -0.39 is 0 Å². The van der Waals surface area contributed by atoms with Gasteiger partial charge in [0.1, 0.15) is 17.2 Å². The van der Waals surface area contributed by atoms with Crippen LogP contribution in [0, 0.1) is 13.8 Å². The lowest BCUT2D eigenvalue weighted by molar-refractivity contribution is 0.568. The van der Waals surface area contributed by atoms with Gasteiger partial charge in [-0.2, -0.15) is 0 Å². The molecule has 4 aromatic rings. The second-order valence-electron chi connectivity index (χ2n) is 5.64. The first-order chi connectivity index (χ1) is 11.2. The van der Waals surface area contributed by atoms with Gasteiger partial charge in [-0.25, -0.2) is 4.98 Å². The van der Waals surface area contributed by atoms with Crippen LogP contribution in [0.15, 0.2) is 65.6 Å². The summed E-state index contributed by atoms with van der Waals surface area (Å²) < 4.78 is 7.30. The molecule has 0 saturated heterocycles. The third-order valence-electron chi connectivity index (χ3n) is 4.05. The number of hydrogen-bond donors (Lipinski definition) is 1. The zero-order valence-corrected chi connectivity index (χ0v) is 13.1. The normalized spacial score (nSPS) is 11.0. The van der Waals surface area contributed by atoms with Crippen molar-refractivity contribution in [2.45, 2.75) is 13.8 Å². The number of benzene rings is 1. The molecule has 3 heterocycles. The average Bonchev–Trinajstić information content (AvgIpc) is 3.19. The molecule has 4 nitrogen and oxygen atoms in total. The van der Waals surface area contributed by atoms with Gasteiger partial charge in [0.05, 0.1) is 12.5 Å². The molecule has 114 valence electrons. The summed E-state index contributed by atoms with van der Waals surface area (Å²) in [6, 6.07) is 14.2. The molecule has 0 amide bonds. The van der Waals surface area contributed by atoms with E-state index in [4.69, 9.17) is 9.40 Å². The summed E-state index contributed by atoms with van der Waals surface area (Å²) in [5, 5.41) is 3.58. The molecule has 0 unspecified atom stereocenters. The fourth-order valence-electron chi connectivity index (χ4n) is 2.85. The number of aromatic nitrogens is 2. The summed E-state index contributed by atoms with van der Waals surface area (Å²) >= 11 is 0. The van der Waals surface area contributed by atoms with E-state index in [9.17, 15) is 0 Å². The van der Waals surface area contributed by atoms with Crippen molar-refractivity contribution in [1.29, 1.82) is 0 Å². The summed E-state index contributed by atoms with van der Waals surface area (Å²) in [6.07, 6.45) is 5.40. The van der Waals surface area contributed by atoms with E-state index in [0.29, 0.717) is 0 Å². The molecule has 4 rings (SSSR count). The molecule has 0 aliphatic carbocycles. The highest BCUT2D eigenvalue weighted by Gasteiger charge is 2.16. The molecule has 0 atom stereocenters. The number of fused-ring (bicyclic) bond motifs is 1. The number of pyridine rings is 1. The molecule has 4 heteroatoms. The van der Waals surface area contributed by atoms with Crippen molar-refractivity contribution in [1.82, 2.24) is 9.38 Å². The van der Waals surface area contributed by atoms with E-state index in [2.05, 4.69) is 41.8 Å². The SMILES string of the molecule is Cc1cccc(C)c1Nc1c(-c2ccoc2)nc2ccccn12. The van der Waals surface area contributed by atoms with Crippen molar-refractivity contribution in [3.8, 4) is 11.3 Å². The van der Waals surface area contributed by atoms with Gasteiger partial charge in [-0.05, 0) is 43.2 Å². The number of para-hydroxylation sites is 1. The van der Waals surface area contributed by atoms with Crippen LogP contribution in [0.25, 0.3) is 16.9 Å².